The topological polar surface area (TPSA) is 54.7 Å². The van der Waals surface area contributed by atoms with E-state index in [9.17, 15) is 0 Å². The highest BCUT2D eigenvalue weighted by molar-refractivity contribution is 9.10. The van der Waals surface area contributed by atoms with Gasteiger partial charge in [-0.2, -0.15) is 0 Å². The number of nitrogens with two attached hydrogens (primary N) is 1. The van der Waals surface area contributed by atoms with E-state index in [1.54, 1.807) is 0 Å². The summed E-state index contributed by atoms with van der Waals surface area (Å²) >= 11 is 3.30. The molecule has 3 N–H and O–H groups in total. The highest BCUT2D eigenvalue weighted by Crippen LogP contribution is 2.11. The summed E-state index contributed by atoms with van der Waals surface area (Å²) in [5.41, 5.74) is 6.40. The molecule has 1 aromatic heterocycles. The molecule has 0 amide bonds. The van der Waals surface area contributed by atoms with Crippen molar-refractivity contribution < 1.29 is 0 Å². The lowest BCUT2D eigenvalue weighted by atomic mass is 10.4. The van der Waals surface area contributed by atoms with E-state index in [4.69, 9.17) is 5.73 Å². The third kappa shape index (κ3) is 1.58. The summed E-state index contributed by atoms with van der Waals surface area (Å²) in [7, 11) is 0. The lowest BCUT2D eigenvalue weighted by Crippen LogP contribution is -2.03. The maximum atomic E-state index is 5.34. The van der Waals surface area contributed by atoms with Crippen molar-refractivity contribution in [2.75, 3.05) is 6.54 Å². The number of hydrogen-bond donors (Lipinski definition) is 2. The Balaban J connectivity index is 2.77. The minimum absolute atomic E-state index is 0.638. The molecule has 0 aromatic carbocycles. The van der Waals surface area contributed by atoms with Gasteiger partial charge in [-0.05, 0) is 29.4 Å². The van der Waals surface area contributed by atoms with E-state index in [1.807, 2.05) is 6.92 Å². The Morgan fingerprint density at radius 2 is 2.40 bits per heavy atom. The van der Waals surface area contributed by atoms with Gasteiger partial charge in [0.25, 0.3) is 0 Å². The molecule has 0 saturated heterocycles. The second kappa shape index (κ2) is 3.16. The van der Waals surface area contributed by atoms with E-state index in [-0.39, 0.29) is 0 Å². The van der Waals surface area contributed by atoms with E-state index >= 15 is 0 Å². The summed E-state index contributed by atoms with van der Waals surface area (Å²) in [5, 5.41) is 0. The maximum absolute atomic E-state index is 5.34. The van der Waals surface area contributed by atoms with Crippen LogP contribution in [-0.2, 0) is 6.42 Å². The standard InChI is InChI=1S/C6H10BrN3/c1-4-6(7)10-5(9-4)2-3-8/h2-3,8H2,1H3,(H,9,10). The van der Waals surface area contributed by atoms with Crippen molar-refractivity contribution in [2.45, 2.75) is 13.3 Å². The van der Waals surface area contributed by atoms with E-state index in [2.05, 4.69) is 25.9 Å². The van der Waals surface area contributed by atoms with Gasteiger partial charge in [-0.1, -0.05) is 0 Å². The van der Waals surface area contributed by atoms with Gasteiger partial charge >= 0.3 is 0 Å². The van der Waals surface area contributed by atoms with Gasteiger partial charge in [0, 0.05) is 12.1 Å². The number of rotatable bonds is 2. The molecule has 0 aliphatic rings. The van der Waals surface area contributed by atoms with E-state index in [1.165, 1.54) is 0 Å². The van der Waals surface area contributed by atoms with Gasteiger partial charge in [-0.3, -0.25) is 0 Å². The normalized spacial score (nSPS) is 10.3. The number of aromatic amines is 1. The van der Waals surface area contributed by atoms with Gasteiger partial charge in [0.15, 0.2) is 0 Å². The molecule has 10 heavy (non-hydrogen) atoms. The summed E-state index contributed by atoms with van der Waals surface area (Å²) in [5.74, 6) is 0.951. The number of aromatic nitrogens is 2. The molecule has 56 valence electrons. The Kier molecular flexibility index (Phi) is 2.45. The van der Waals surface area contributed by atoms with Crippen LogP contribution in [0.5, 0.6) is 0 Å². The van der Waals surface area contributed by atoms with Crippen molar-refractivity contribution in [3.8, 4) is 0 Å². The molecule has 1 aromatic rings. The van der Waals surface area contributed by atoms with Crippen LogP contribution < -0.4 is 5.73 Å². The SMILES string of the molecule is Cc1[nH]c(CCN)nc1Br. The quantitative estimate of drug-likeness (QED) is 0.754. The van der Waals surface area contributed by atoms with Crippen LogP contribution in [0.4, 0.5) is 0 Å². The predicted molar refractivity (Wildman–Crippen MR) is 43.8 cm³/mol. The molecule has 0 bridgehead atoms. The summed E-state index contributed by atoms with van der Waals surface area (Å²) in [6.45, 7) is 2.61. The fourth-order valence-corrected chi connectivity index (χ4v) is 1.07. The molecular formula is C6H10BrN3. The van der Waals surface area contributed by atoms with Crippen LogP contribution in [0.15, 0.2) is 4.60 Å². The summed E-state index contributed by atoms with van der Waals surface area (Å²) in [6, 6.07) is 0. The lowest BCUT2D eigenvalue weighted by molar-refractivity contribution is 0.889. The Hall–Kier alpha value is -0.350. The van der Waals surface area contributed by atoms with Crippen molar-refractivity contribution in [1.29, 1.82) is 0 Å². The van der Waals surface area contributed by atoms with Crippen LogP contribution in [0.3, 0.4) is 0 Å². The molecule has 0 radical (unpaired) electrons. The maximum Gasteiger partial charge on any atom is 0.127 e. The predicted octanol–water partition coefficient (Wildman–Crippen LogP) is 0.982. The number of imidazole rings is 1. The first-order valence-electron chi connectivity index (χ1n) is 3.15. The van der Waals surface area contributed by atoms with E-state index in [0.29, 0.717) is 6.54 Å². The Morgan fingerprint density at radius 3 is 2.80 bits per heavy atom. The largest absolute Gasteiger partial charge is 0.345 e. The highest BCUT2D eigenvalue weighted by Gasteiger charge is 2.00. The molecule has 0 saturated carbocycles. The van der Waals surface area contributed by atoms with Crippen LogP contribution in [0, 0.1) is 6.92 Å². The van der Waals surface area contributed by atoms with Crippen LogP contribution in [0.1, 0.15) is 11.5 Å². The Morgan fingerprint density at radius 1 is 1.70 bits per heavy atom. The van der Waals surface area contributed by atoms with E-state index < -0.39 is 0 Å². The molecule has 1 heterocycles. The van der Waals surface area contributed by atoms with Crippen molar-refractivity contribution in [3.05, 3.63) is 16.1 Å². The number of aryl methyl sites for hydroxylation is 1. The number of hydrogen-bond acceptors (Lipinski definition) is 2. The van der Waals surface area contributed by atoms with Crippen molar-refractivity contribution in [2.24, 2.45) is 5.73 Å². The van der Waals surface area contributed by atoms with Crippen molar-refractivity contribution >= 4 is 15.9 Å². The molecule has 4 heteroatoms. The fraction of sp³-hybridized carbons (Fsp3) is 0.500. The number of H-pyrrole nitrogens is 1. The van der Waals surface area contributed by atoms with E-state index in [0.717, 1.165) is 22.5 Å². The number of nitrogens with one attached hydrogen (secondary N) is 1. The first-order valence-corrected chi connectivity index (χ1v) is 3.94. The zero-order valence-corrected chi connectivity index (χ0v) is 7.40. The van der Waals surface area contributed by atoms with Gasteiger partial charge in [0.05, 0.1) is 0 Å². The van der Waals surface area contributed by atoms with Gasteiger partial charge in [-0.15, -0.1) is 0 Å². The van der Waals surface area contributed by atoms with Crippen molar-refractivity contribution in [3.63, 3.8) is 0 Å². The molecule has 0 atom stereocenters. The first-order chi connectivity index (χ1) is 4.74. The zero-order valence-electron chi connectivity index (χ0n) is 5.82. The van der Waals surface area contributed by atoms with Crippen LogP contribution in [0.2, 0.25) is 0 Å². The third-order valence-electron chi connectivity index (χ3n) is 1.26. The van der Waals surface area contributed by atoms with Gasteiger partial charge in [-0.25, -0.2) is 4.98 Å². The first kappa shape index (κ1) is 7.75. The lowest BCUT2D eigenvalue weighted by Gasteiger charge is -1.87. The fourth-order valence-electron chi connectivity index (χ4n) is 0.753. The van der Waals surface area contributed by atoms with Gasteiger partial charge in [0.1, 0.15) is 10.4 Å². The third-order valence-corrected chi connectivity index (χ3v) is 2.03. The molecule has 1 rings (SSSR count). The monoisotopic (exact) mass is 203 g/mol. The molecule has 3 nitrogen and oxygen atoms in total. The average molecular weight is 204 g/mol. The Bertz CT molecular complexity index is 199. The summed E-state index contributed by atoms with van der Waals surface area (Å²) in [4.78, 5) is 7.29. The molecular weight excluding hydrogens is 194 g/mol. The average Bonchev–Trinajstić information content (AvgIpc) is 2.14. The van der Waals surface area contributed by atoms with Crippen LogP contribution in [-0.4, -0.2) is 16.5 Å². The molecule has 0 aliphatic carbocycles. The Labute approximate surface area is 68.2 Å². The zero-order chi connectivity index (χ0) is 7.56. The van der Waals surface area contributed by atoms with Gasteiger partial charge in [0.2, 0.25) is 0 Å². The van der Waals surface area contributed by atoms with Crippen LogP contribution in [0.25, 0.3) is 0 Å². The minimum atomic E-state index is 0.638. The van der Waals surface area contributed by atoms with Crippen molar-refractivity contribution in [1.82, 2.24) is 9.97 Å². The molecule has 0 unspecified atom stereocenters. The number of halogens is 1. The smallest absolute Gasteiger partial charge is 0.127 e. The van der Waals surface area contributed by atoms with Gasteiger partial charge < -0.3 is 10.7 Å². The number of nitrogens with zero attached hydrogens (tertiary/aromatic N) is 1. The molecule has 0 aliphatic heterocycles. The molecule has 0 fully saturated rings. The second-order valence-corrected chi connectivity index (χ2v) is 2.89. The second-order valence-electron chi connectivity index (χ2n) is 2.14. The highest BCUT2D eigenvalue weighted by atomic mass is 79.9. The molecule has 0 spiro atoms. The van der Waals surface area contributed by atoms with Crippen LogP contribution >= 0.6 is 15.9 Å². The summed E-state index contributed by atoms with van der Waals surface area (Å²) in [6.07, 6.45) is 0.812. The minimum Gasteiger partial charge on any atom is -0.345 e. The summed E-state index contributed by atoms with van der Waals surface area (Å²) < 4.78 is 0.885.